The van der Waals surface area contributed by atoms with Crippen molar-refractivity contribution in [3.05, 3.63) is 164 Å². The van der Waals surface area contributed by atoms with E-state index >= 15 is 0 Å². The highest BCUT2D eigenvalue weighted by Crippen LogP contribution is 2.60. The molecule has 0 saturated carbocycles. The lowest BCUT2D eigenvalue weighted by Crippen LogP contribution is -2.13. The first kappa shape index (κ1) is 46.9. The average Bonchev–Trinajstić information content (AvgIpc) is 3.34. The summed E-state index contributed by atoms with van der Waals surface area (Å²) in [6, 6.07) is 16.2. The summed E-state index contributed by atoms with van der Waals surface area (Å²) in [6.45, 7) is 0. The van der Waals surface area contributed by atoms with E-state index in [1.165, 1.54) is 0 Å². The quantitative estimate of drug-likeness (QED) is 0.0803. The number of hydrogen-bond acceptors (Lipinski definition) is 20. The third-order valence-electron chi connectivity index (χ3n) is 13.0. The second-order valence-corrected chi connectivity index (χ2v) is 17.1. The van der Waals surface area contributed by atoms with Crippen LogP contribution in [0.2, 0.25) is 0 Å². The summed E-state index contributed by atoms with van der Waals surface area (Å²) >= 11 is 0. The Labute approximate surface area is 403 Å². The van der Waals surface area contributed by atoms with Crippen molar-refractivity contribution >= 4 is 0 Å². The molecule has 8 bridgehead atoms. The predicted molar refractivity (Wildman–Crippen MR) is 249 cm³/mol. The van der Waals surface area contributed by atoms with Crippen molar-refractivity contribution in [2.45, 2.75) is 23.7 Å². The van der Waals surface area contributed by atoms with E-state index in [1.54, 1.807) is 0 Å². The van der Waals surface area contributed by atoms with Gasteiger partial charge in [-0.25, -0.2) is 0 Å². The molecule has 9 rings (SSSR count). The summed E-state index contributed by atoms with van der Waals surface area (Å²) in [5.41, 5.74) is -5.19. The third-order valence-corrected chi connectivity index (χ3v) is 13.0. The van der Waals surface area contributed by atoms with Gasteiger partial charge in [-0.1, -0.05) is 24.3 Å². The molecule has 0 spiro atoms. The molecule has 0 fully saturated rings. The summed E-state index contributed by atoms with van der Waals surface area (Å²) < 4.78 is 0. The van der Waals surface area contributed by atoms with E-state index in [-0.39, 0.29) is 22.3 Å². The van der Waals surface area contributed by atoms with Crippen LogP contribution in [0, 0.1) is 0 Å². The Morgan fingerprint density at radius 3 is 0.458 bits per heavy atom. The second-order valence-electron chi connectivity index (χ2n) is 17.1. The topological polar surface area (TPSA) is 405 Å². The molecule has 0 atom stereocenters. The molecule has 0 amide bonds. The number of phenols is 20. The van der Waals surface area contributed by atoms with E-state index in [4.69, 9.17) is 0 Å². The molecule has 20 heteroatoms. The van der Waals surface area contributed by atoms with Crippen LogP contribution >= 0.6 is 0 Å². The molecule has 1 aliphatic carbocycles. The summed E-state index contributed by atoms with van der Waals surface area (Å²) in [5.74, 6) is -27.8. The number of fused-ring (bicyclic) bond motifs is 8. The molecule has 0 heterocycles. The van der Waals surface area contributed by atoms with E-state index in [0.29, 0.717) is 0 Å². The summed E-state index contributed by atoms with van der Waals surface area (Å²) in [6.07, 6.45) is 0. The van der Waals surface area contributed by atoms with Crippen LogP contribution in [0.5, 0.6) is 115 Å². The lowest BCUT2D eigenvalue weighted by atomic mass is 9.74. The molecule has 20 nitrogen and oxygen atoms in total. The second kappa shape index (κ2) is 16.8. The minimum Gasteiger partial charge on any atom is -0.504 e. The van der Waals surface area contributed by atoms with Gasteiger partial charge >= 0.3 is 0 Å². The highest BCUT2D eigenvalue weighted by atomic mass is 16.4. The normalized spacial score (nSPS) is 16.3. The maximum atomic E-state index is 11.9. The highest BCUT2D eigenvalue weighted by Gasteiger charge is 2.39. The Morgan fingerprint density at radius 1 is 0.167 bits per heavy atom. The molecular formula is C52H40O20. The van der Waals surface area contributed by atoms with Crippen molar-refractivity contribution in [2.75, 3.05) is 0 Å². The van der Waals surface area contributed by atoms with Gasteiger partial charge in [-0.15, -0.1) is 0 Å². The van der Waals surface area contributed by atoms with Crippen molar-refractivity contribution in [2.24, 2.45) is 0 Å². The zero-order chi connectivity index (χ0) is 52.1. The zero-order valence-electron chi connectivity index (χ0n) is 36.5. The fourth-order valence-electron chi connectivity index (χ4n) is 9.51. The molecule has 0 unspecified atom stereocenters. The SMILES string of the molecule is Oc1ccc(C2c3cc(c(O)c(O)c3O)C(c3ccc(O)c(O)c3)c3cc(c(O)c(O)c3O)C(c3ccc(O)c(O)c3)c3cc(c(O)c(O)c3O)C(c3ccc(O)c(O)c3)c3cc2c(O)c(O)c3O)cc1O. The van der Waals surface area contributed by atoms with Gasteiger partial charge < -0.3 is 102 Å². The summed E-state index contributed by atoms with van der Waals surface area (Å²) in [4.78, 5) is 0. The maximum absolute atomic E-state index is 11.9. The van der Waals surface area contributed by atoms with Gasteiger partial charge in [0.1, 0.15) is 0 Å². The van der Waals surface area contributed by atoms with E-state index in [0.717, 1.165) is 97.1 Å². The van der Waals surface area contributed by atoms with Crippen molar-refractivity contribution in [1.82, 2.24) is 0 Å². The van der Waals surface area contributed by atoms with Crippen LogP contribution in [-0.2, 0) is 0 Å². The summed E-state index contributed by atoms with van der Waals surface area (Å²) in [5, 5.41) is 228. The minimum atomic E-state index is -1.84. The van der Waals surface area contributed by atoms with Gasteiger partial charge in [0.15, 0.2) is 92.0 Å². The lowest BCUT2D eigenvalue weighted by Gasteiger charge is -2.30. The van der Waals surface area contributed by atoms with Gasteiger partial charge in [0.2, 0.25) is 23.0 Å². The van der Waals surface area contributed by atoms with Crippen LogP contribution in [0.4, 0.5) is 0 Å². The number of rotatable bonds is 4. The summed E-state index contributed by atoms with van der Waals surface area (Å²) in [7, 11) is 0. The van der Waals surface area contributed by atoms with Crippen molar-refractivity contribution in [3.63, 3.8) is 0 Å². The molecule has 0 aliphatic heterocycles. The number of hydrogen-bond donors (Lipinski definition) is 20. The molecule has 72 heavy (non-hydrogen) atoms. The van der Waals surface area contributed by atoms with E-state index in [1.807, 2.05) is 0 Å². The Kier molecular flexibility index (Phi) is 10.9. The fraction of sp³-hybridized carbons (Fsp3) is 0.0769. The van der Waals surface area contributed by atoms with Crippen LogP contribution in [-0.4, -0.2) is 102 Å². The van der Waals surface area contributed by atoms with Gasteiger partial charge in [0.25, 0.3) is 0 Å². The van der Waals surface area contributed by atoms with E-state index in [2.05, 4.69) is 0 Å². The molecule has 8 aromatic rings. The monoisotopic (exact) mass is 984 g/mol. The van der Waals surface area contributed by atoms with Crippen LogP contribution < -0.4 is 0 Å². The van der Waals surface area contributed by atoms with E-state index < -0.39 is 183 Å². The molecule has 20 N–H and O–H groups in total. The van der Waals surface area contributed by atoms with Crippen LogP contribution in [0.1, 0.15) is 90.4 Å². The Bertz CT molecular complexity index is 3010. The first-order valence-corrected chi connectivity index (χ1v) is 21.2. The van der Waals surface area contributed by atoms with E-state index in [9.17, 15) is 102 Å². The van der Waals surface area contributed by atoms with Crippen molar-refractivity contribution in [1.29, 1.82) is 0 Å². The number of aromatic hydroxyl groups is 20. The highest BCUT2D eigenvalue weighted by molar-refractivity contribution is 5.75. The third kappa shape index (κ3) is 7.16. The van der Waals surface area contributed by atoms with Crippen LogP contribution in [0.15, 0.2) is 97.1 Å². The largest absolute Gasteiger partial charge is 0.504 e. The first-order valence-electron chi connectivity index (χ1n) is 21.2. The molecule has 0 saturated heterocycles. The van der Waals surface area contributed by atoms with Gasteiger partial charge in [-0.2, -0.15) is 0 Å². The smallest absolute Gasteiger partial charge is 0.200 e. The van der Waals surface area contributed by atoms with Crippen molar-refractivity contribution in [3.8, 4) is 115 Å². The molecule has 8 aromatic carbocycles. The average molecular weight is 985 g/mol. The Morgan fingerprint density at radius 2 is 0.319 bits per heavy atom. The standard InChI is InChI=1S/C52H40O20/c53-29-5-1-17(9-33(29)57)37-21-13-23(43(63)49(69)41(21)61)38(18-2-6-30(54)34(58)10-18)25-15-27(47(67)51(71)45(25)65)40(20-4-8-32(56)36(60)12-20)28-16-26(46(66)52(72)48(28)68)39(19-3-7-31(55)35(59)11-19)24-14-22(37)42(62)50(70)44(24)64/h1-16,37-40,53-72H. The predicted octanol–water partition coefficient (Wildman–Crippen LogP) is 6.83. The molecule has 368 valence electrons. The van der Waals surface area contributed by atoms with Gasteiger partial charge in [0.05, 0.1) is 0 Å². The molecular weight excluding hydrogens is 945 g/mol. The Balaban J connectivity index is 1.56. The zero-order valence-corrected chi connectivity index (χ0v) is 36.5. The van der Waals surface area contributed by atoms with Crippen LogP contribution in [0.25, 0.3) is 0 Å². The minimum absolute atomic E-state index is 0.193. The molecule has 1 aliphatic rings. The number of phenolic OH excluding ortho intramolecular Hbond substituents is 20. The maximum Gasteiger partial charge on any atom is 0.200 e. The Hall–Kier alpha value is -10.2. The van der Waals surface area contributed by atoms with Gasteiger partial charge in [0, 0.05) is 68.2 Å². The first-order chi connectivity index (χ1) is 34.0. The number of benzene rings is 8. The lowest BCUT2D eigenvalue weighted by molar-refractivity contribution is 0.353. The van der Waals surface area contributed by atoms with Crippen LogP contribution in [0.3, 0.4) is 0 Å². The van der Waals surface area contributed by atoms with Gasteiger partial charge in [-0.3, -0.25) is 0 Å². The molecule has 0 radical (unpaired) electrons. The van der Waals surface area contributed by atoms with Crippen molar-refractivity contribution < 1.29 is 102 Å². The fourth-order valence-corrected chi connectivity index (χ4v) is 9.51. The molecule has 0 aromatic heterocycles. The van der Waals surface area contributed by atoms with Gasteiger partial charge in [-0.05, 0) is 95.1 Å².